The quantitative estimate of drug-likeness (QED) is 0.694. The molecule has 1 aliphatic heterocycles. The second-order valence-corrected chi connectivity index (χ2v) is 6.69. The highest BCUT2D eigenvalue weighted by atomic mass is 16.7. The number of ether oxygens (including phenoxy) is 3. The summed E-state index contributed by atoms with van der Waals surface area (Å²) in [6.45, 7) is 3.55. The van der Waals surface area contributed by atoms with E-state index in [1.807, 2.05) is 29.2 Å². The highest BCUT2D eigenvalue weighted by molar-refractivity contribution is 5.28. The maximum Gasteiger partial charge on any atom is 0.187 e. The van der Waals surface area contributed by atoms with E-state index < -0.39 is 5.79 Å². The van der Waals surface area contributed by atoms with Crippen molar-refractivity contribution in [3.05, 3.63) is 48.5 Å². The lowest BCUT2D eigenvalue weighted by Crippen LogP contribution is -2.36. The molecule has 2 atom stereocenters. The normalized spacial score (nSPS) is 23.0. The average molecular weight is 344 g/mol. The molecule has 1 aromatic heterocycles. The van der Waals surface area contributed by atoms with E-state index in [1.165, 1.54) is 18.4 Å². The standard InChI is InChI=1S/C20H28N2O3/c1-3-4-7-19-14-24-20(25-19,15-22-12-11-21-16-22)10-9-17-6-5-8-18(13-17)23-2/h5-6,8,11-13,16,19H,3-4,7,9-10,14-15H2,1-2H3. The van der Waals surface area contributed by atoms with Gasteiger partial charge in [0, 0.05) is 18.8 Å². The van der Waals surface area contributed by atoms with Crippen molar-refractivity contribution < 1.29 is 14.2 Å². The summed E-state index contributed by atoms with van der Waals surface area (Å²) < 4.78 is 20.0. The van der Waals surface area contributed by atoms with Crippen molar-refractivity contribution in [2.75, 3.05) is 13.7 Å². The van der Waals surface area contributed by atoms with Gasteiger partial charge in [-0.1, -0.05) is 31.9 Å². The van der Waals surface area contributed by atoms with Gasteiger partial charge < -0.3 is 18.8 Å². The Morgan fingerprint density at radius 2 is 2.32 bits per heavy atom. The van der Waals surface area contributed by atoms with Crippen molar-refractivity contribution in [2.24, 2.45) is 0 Å². The molecule has 136 valence electrons. The molecule has 5 nitrogen and oxygen atoms in total. The third-order valence-electron chi connectivity index (χ3n) is 4.70. The summed E-state index contributed by atoms with van der Waals surface area (Å²) in [5.74, 6) is 0.303. The average Bonchev–Trinajstić information content (AvgIpc) is 3.29. The molecule has 3 rings (SSSR count). The molecule has 0 saturated carbocycles. The van der Waals surface area contributed by atoms with Gasteiger partial charge >= 0.3 is 0 Å². The molecule has 0 radical (unpaired) electrons. The fourth-order valence-corrected chi connectivity index (χ4v) is 3.30. The van der Waals surface area contributed by atoms with Gasteiger partial charge in [0.15, 0.2) is 5.79 Å². The monoisotopic (exact) mass is 344 g/mol. The van der Waals surface area contributed by atoms with Crippen LogP contribution in [0.3, 0.4) is 0 Å². The van der Waals surface area contributed by atoms with Crippen LogP contribution in [0.25, 0.3) is 0 Å². The number of nitrogens with zero attached hydrogens (tertiary/aromatic N) is 2. The Hall–Kier alpha value is -1.85. The highest BCUT2D eigenvalue weighted by Crippen LogP contribution is 2.32. The lowest BCUT2D eigenvalue weighted by molar-refractivity contribution is -0.182. The van der Waals surface area contributed by atoms with E-state index >= 15 is 0 Å². The number of imidazole rings is 1. The van der Waals surface area contributed by atoms with Gasteiger partial charge in [-0.15, -0.1) is 0 Å². The second-order valence-electron chi connectivity index (χ2n) is 6.69. The zero-order chi connectivity index (χ0) is 17.5. The van der Waals surface area contributed by atoms with Gasteiger partial charge in [0.05, 0.1) is 32.7 Å². The minimum absolute atomic E-state index is 0.189. The summed E-state index contributed by atoms with van der Waals surface area (Å²) in [7, 11) is 1.70. The number of hydrogen-bond acceptors (Lipinski definition) is 4. The summed E-state index contributed by atoms with van der Waals surface area (Å²) in [6, 6.07) is 8.19. The van der Waals surface area contributed by atoms with E-state index in [9.17, 15) is 0 Å². The SMILES string of the molecule is CCCCC1COC(CCc2cccc(OC)c2)(Cn2ccnc2)O1. The van der Waals surface area contributed by atoms with Crippen molar-refractivity contribution in [3.63, 3.8) is 0 Å². The van der Waals surface area contributed by atoms with Crippen molar-refractivity contribution in [2.45, 2.75) is 57.5 Å². The Morgan fingerprint density at radius 1 is 1.40 bits per heavy atom. The molecule has 0 spiro atoms. The molecule has 0 aliphatic carbocycles. The molecule has 1 aromatic carbocycles. The summed E-state index contributed by atoms with van der Waals surface area (Å²) in [5, 5.41) is 0. The Balaban J connectivity index is 1.68. The number of aromatic nitrogens is 2. The summed E-state index contributed by atoms with van der Waals surface area (Å²) in [4.78, 5) is 4.14. The molecule has 1 fully saturated rings. The van der Waals surface area contributed by atoms with Crippen molar-refractivity contribution in [1.29, 1.82) is 0 Å². The Bertz CT molecular complexity index is 644. The fraction of sp³-hybridized carbons (Fsp3) is 0.550. The molecule has 1 saturated heterocycles. The number of methoxy groups -OCH3 is 1. The molecule has 2 unspecified atom stereocenters. The van der Waals surface area contributed by atoms with E-state index in [2.05, 4.69) is 24.0 Å². The van der Waals surface area contributed by atoms with Crippen LogP contribution in [-0.2, 0) is 22.4 Å². The minimum Gasteiger partial charge on any atom is -0.497 e. The molecule has 1 aliphatic rings. The molecule has 0 N–H and O–H groups in total. The molecule has 2 heterocycles. The van der Waals surface area contributed by atoms with Gasteiger partial charge in [0.2, 0.25) is 0 Å². The van der Waals surface area contributed by atoms with Gasteiger partial charge in [-0.05, 0) is 30.5 Å². The first-order valence-electron chi connectivity index (χ1n) is 9.13. The highest BCUT2D eigenvalue weighted by Gasteiger charge is 2.41. The van der Waals surface area contributed by atoms with Gasteiger partial charge in [-0.25, -0.2) is 4.98 Å². The Morgan fingerprint density at radius 3 is 3.08 bits per heavy atom. The van der Waals surface area contributed by atoms with Crippen LogP contribution in [0.2, 0.25) is 0 Å². The van der Waals surface area contributed by atoms with E-state index in [0.29, 0.717) is 13.2 Å². The molecule has 25 heavy (non-hydrogen) atoms. The third kappa shape index (κ3) is 4.83. The van der Waals surface area contributed by atoms with Crippen molar-refractivity contribution in [3.8, 4) is 5.75 Å². The van der Waals surface area contributed by atoms with Crippen LogP contribution in [0, 0.1) is 0 Å². The number of unbranched alkanes of at least 4 members (excludes halogenated alkanes) is 1. The van der Waals surface area contributed by atoms with E-state index in [4.69, 9.17) is 14.2 Å². The first-order chi connectivity index (χ1) is 12.2. The Kier molecular flexibility index (Phi) is 6.10. The zero-order valence-corrected chi connectivity index (χ0v) is 15.2. The third-order valence-corrected chi connectivity index (χ3v) is 4.70. The first-order valence-corrected chi connectivity index (χ1v) is 9.13. The number of benzene rings is 1. The van der Waals surface area contributed by atoms with Gasteiger partial charge in [-0.3, -0.25) is 0 Å². The summed E-state index contributed by atoms with van der Waals surface area (Å²) in [5.41, 5.74) is 1.23. The van der Waals surface area contributed by atoms with Crippen LogP contribution in [0.1, 0.15) is 38.2 Å². The molecule has 2 aromatic rings. The van der Waals surface area contributed by atoms with Crippen LogP contribution >= 0.6 is 0 Å². The first kappa shape index (κ1) is 18.0. The number of aryl methyl sites for hydroxylation is 1. The van der Waals surface area contributed by atoms with Crippen LogP contribution in [0.15, 0.2) is 43.0 Å². The predicted octanol–water partition coefficient (Wildman–Crippen LogP) is 3.83. The van der Waals surface area contributed by atoms with E-state index in [0.717, 1.165) is 25.0 Å². The lowest BCUT2D eigenvalue weighted by Gasteiger charge is -2.29. The van der Waals surface area contributed by atoms with Crippen LogP contribution in [-0.4, -0.2) is 35.2 Å². The number of rotatable bonds is 9. The molecular weight excluding hydrogens is 316 g/mol. The summed E-state index contributed by atoms with van der Waals surface area (Å²) in [6.07, 6.45) is 10.9. The molecule has 0 bridgehead atoms. The Labute approximate surface area is 149 Å². The smallest absolute Gasteiger partial charge is 0.187 e. The molecular formula is C20H28N2O3. The van der Waals surface area contributed by atoms with Crippen LogP contribution in [0.5, 0.6) is 5.75 Å². The molecule has 5 heteroatoms. The number of hydrogen-bond donors (Lipinski definition) is 0. The lowest BCUT2D eigenvalue weighted by atomic mass is 10.0. The predicted molar refractivity (Wildman–Crippen MR) is 96.6 cm³/mol. The fourth-order valence-electron chi connectivity index (χ4n) is 3.30. The summed E-state index contributed by atoms with van der Waals surface area (Å²) >= 11 is 0. The molecule has 0 amide bonds. The second kappa shape index (κ2) is 8.50. The van der Waals surface area contributed by atoms with Crippen LogP contribution < -0.4 is 4.74 Å². The maximum atomic E-state index is 6.40. The van der Waals surface area contributed by atoms with E-state index in [1.54, 1.807) is 13.3 Å². The van der Waals surface area contributed by atoms with Crippen molar-refractivity contribution in [1.82, 2.24) is 9.55 Å². The van der Waals surface area contributed by atoms with Crippen LogP contribution in [0.4, 0.5) is 0 Å². The maximum absolute atomic E-state index is 6.40. The van der Waals surface area contributed by atoms with Gasteiger partial charge in [0.25, 0.3) is 0 Å². The van der Waals surface area contributed by atoms with E-state index in [-0.39, 0.29) is 6.10 Å². The van der Waals surface area contributed by atoms with Crippen molar-refractivity contribution >= 4 is 0 Å². The topological polar surface area (TPSA) is 45.5 Å². The largest absolute Gasteiger partial charge is 0.497 e. The minimum atomic E-state index is -0.581. The van der Waals surface area contributed by atoms with Gasteiger partial charge in [0.1, 0.15) is 5.75 Å². The zero-order valence-electron chi connectivity index (χ0n) is 15.2. The van der Waals surface area contributed by atoms with Gasteiger partial charge in [-0.2, -0.15) is 0 Å².